The topological polar surface area (TPSA) is 68.5 Å². The van der Waals surface area contributed by atoms with E-state index in [2.05, 4.69) is 10.1 Å². The van der Waals surface area contributed by atoms with Crippen LogP contribution in [0.1, 0.15) is 10.4 Å². The maximum atomic E-state index is 12.6. The molecular formula is C19H16ClN3O3. The Kier molecular flexibility index (Phi) is 4.69. The van der Waals surface area contributed by atoms with Crippen molar-refractivity contribution in [3.63, 3.8) is 0 Å². The normalized spacial score (nSPS) is 14.4. The van der Waals surface area contributed by atoms with Gasteiger partial charge in [-0.25, -0.2) is 0 Å². The molecule has 26 heavy (non-hydrogen) atoms. The van der Waals surface area contributed by atoms with Crippen molar-refractivity contribution in [2.75, 3.05) is 26.3 Å². The molecular weight excluding hydrogens is 354 g/mol. The van der Waals surface area contributed by atoms with E-state index in [1.54, 1.807) is 29.2 Å². The number of hydrogen-bond donors (Lipinski definition) is 0. The minimum atomic E-state index is -0.0171. The molecule has 1 aromatic heterocycles. The molecule has 2 aromatic carbocycles. The van der Waals surface area contributed by atoms with E-state index in [0.29, 0.717) is 48.6 Å². The number of hydrogen-bond acceptors (Lipinski definition) is 5. The lowest BCUT2D eigenvalue weighted by atomic mass is 10.1. The fourth-order valence-electron chi connectivity index (χ4n) is 2.79. The van der Waals surface area contributed by atoms with Gasteiger partial charge in [-0.2, -0.15) is 4.98 Å². The van der Waals surface area contributed by atoms with E-state index in [9.17, 15) is 4.79 Å². The summed E-state index contributed by atoms with van der Waals surface area (Å²) in [6, 6.07) is 14.4. The van der Waals surface area contributed by atoms with Gasteiger partial charge >= 0.3 is 0 Å². The van der Waals surface area contributed by atoms with Crippen molar-refractivity contribution in [2.45, 2.75) is 0 Å². The Labute approximate surface area is 155 Å². The van der Waals surface area contributed by atoms with Crippen molar-refractivity contribution >= 4 is 17.5 Å². The molecule has 1 aliphatic heterocycles. The van der Waals surface area contributed by atoms with E-state index in [1.165, 1.54) is 0 Å². The number of nitrogens with zero attached hydrogens (tertiary/aromatic N) is 3. The molecule has 4 rings (SSSR count). The van der Waals surface area contributed by atoms with Gasteiger partial charge in [0.05, 0.1) is 13.2 Å². The number of halogens is 1. The number of carbonyl (C=O) groups excluding carboxylic acids is 1. The highest BCUT2D eigenvalue weighted by molar-refractivity contribution is 6.30. The van der Waals surface area contributed by atoms with Gasteiger partial charge in [0, 0.05) is 34.8 Å². The lowest BCUT2D eigenvalue weighted by molar-refractivity contribution is 0.0303. The summed E-state index contributed by atoms with van der Waals surface area (Å²) < 4.78 is 10.6. The lowest BCUT2D eigenvalue weighted by Gasteiger charge is -2.26. The number of carbonyl (C=O) groups is 1. The summed E-state index contributed by atoms with van der Waals surface area (Å²) in [6.45, 7) is 2.35. The van der Waals surface area contributed by atoms with Crippen LogP contribution in [0.3, 0.4) is 0 Å². The van der Waals surface area contributed by atoms with Crippen LogP contribution in [0.25, 0.3) is 22.8 Å². The Hall–Kier alpha value is -2.70. The smallest absolute Gasteiger partial charge is 0.258 e. The molecule has 0 bridgehead atoms. The predicted molar refractivity (Wildman–Crippen MR) is 96.9 cm³/mol. The number of benzene rings is 2. The SMILES string of the molecule is O=C(c1cccc(-c2noc(-c3ccc(Cl)cc3)n2)c1)N1CCOCC1. The molecule has 1 saturated heterocycles. The molecule has 0 radical (unpaired) electrons. The number of aromatic nitrogens is 2. The minimum absolute atomic E-state index is 0.0171. The van der Waals surface area contributed by atoms with Crippen LogP contribution in [0.5, 0.6) is 0 Å². The third kappa shape index (κ3) is 3.47. The zero-order valence-corrected chi connectivity index (χ0v) is 14.6. The molecule has 0 N–H and O–H groups in total. The van der Waals surface area contributed by atoms with Gasteiger partial charge in [0.2, 0.25) is 5.82 Å². The molecule has 0 spiro atoms. The average Bonchev–Trinajstić information content (AvgIpc) is 3.19. The minimum Gasteiger partial charge on any atom is -0.378 e. The molecule has 1 aliphatic rings. The van der Waals surface area contributed by atoms with Crippen LogP contribution in [0.2, 0.25) is 5.02 Å². The Bertz CT molecular complexity index is 918. The van der Waals surface area contributed by atoms with E-state index in [1.807, 2.05) is 24.3 Å². The van der Waals surface area contributed by atoms with Gasteiger partial charge in [-0.3, -0.25) is 4.79 Å². The maximum absolute atomic E-state index is 12.6. The monoisotopic (exact) mass is 369 g/mol. The fourth-order valence-corrected chi connectivity index (χ4v) is 2.92. The zero-order valence-electron chi connectivity index (χ0n) is 13.9. The second kappa shape index (κ2) is 7.27. The summed E-state index contributed by atoms with van der Waals surface area (Å²) in [6.07, 6.45) is 0. The van der Waals surface area contributed by atoms with Crippen LogP contribution in [-0.4, -0.2) is 47.3 Å². The van der Waals surface area contributed by atoms with Crippen molar-refractivity contribution in [3.05, 3.63) is 59.1 Å². The highest BCUT2D eigenvalue weighted by Gasteiger charge is 2.19. The molecule has 1 fully saturated rings. The largest absolute Gasteiger partial charge is 0.378 e. The summed E-state index contributed by atoms with van der Waals surface area (Å²) in [5.74, 6) is 0.824. The molecule has 0 saturated carbocycles. The number of amides is 1. The van der Waals surface area contributed by atoms with Gasteiger partial charge in [0.1, 0.15) is 0 Å². The summed E-state index contributed by atoms with van der Waals surface area (Å²) >= 11 is 5.90. The zero-order chi connectivity index (χ0) is 17.9. The fraction of sp³-hybridized carbons (Fsp3) is 0.211. The first-order valence-corrected chi connectivity index (χ1v) is 8.65. The van der Waals surface area contributed by atoms with Crippen molar-refractivity contribution in [3.8, 4) is 22.8 Å². The first-order valence-electron chi connectivity index (χ1n) is 8.28. The van der Waals surface area contributed by atoms with Crippen molar-refractivity contribution < 1.29 is 14.1 Å². The molecule has 0 unspecified atom stereocenters. The van der Waals surface area contributed by atoms with Crippen molar-refractivity contribution in [1.82, 2.24) is 15.0 Å². The Morgan fingerprint density at radius 2 is 1.81 bits per heavy atom. The van der Waals surface area contributed by atoms with E-state index < -0.39 is 0 Å². The van der Waals surface area contributed by atoms with E-state index in [0.717, 1.165) is 11.1 Å². The lowest BCUT2D eigenvalue weighted by Crippen LogP contribution is -2.40. The highest BCUT2D eigenvalue weighted by Crippen LogP contribution is 2.24. The molecule has 2 heterocycles. The molecule has 3 aromatic rings. The molecule has 1 amide bonds. The number of rotatable bonds is 3. The third-order valence-electron chi connectivity index (χ3n) is 4.18. The first kappa shape index (κ1) is 16.8. The van der Waals surface area contributed by atoms with Gasteiger partial charge < -0.3 is 14.2 Å². The van der Waals surface area contributed by atoms with Gasteiger partial charge in [-0.15, -0.1) is 0 Å². The summed E-state index contributed by atoms with van der Waals surface area (Å²) in [5.41, 5.74) is 2.11. The van der Waals surface area contributed by atoms with Gasteiger partial charge in [0.15, 0.2) is 0 Å². The quantitative estimate of drug-likeness (QED) is 0.706. The molecule has 132 valence electrons. The highest BCUT2D eigenvalue weighted by atomic mass is 35.5. The first-order chi connectivity index (χ1) is 12.7. The molecule has 0 atom stereocenters. The third-order valence-corrected chi connectivity index (χ3v) is 4.44. The Morgan fingerprint density at radius 1 is 1.04 bits per heavy atom. The van der Waals surface area contributed by atoms with Crippen LogP contribution in [0, 0.1) is 0 Å². The van der Waals surface area contributed by atoms with E-state index in [4.69, 9.17) is 20.9 Å². The van der Waals surface area contributed by atoms with Crippen LogP contribution in [0.15, 0.2) is 53.1 Å². The van der Waals surface area contributed by atoms with Crippen molar-refractivity contribution in [1.29, 1.82) is 0 Å². The predicted octanol–water partition coefficient (Wildman–Crippen LogP) is 3.53. The molecule has 0 aliphatic carbocycles. The van der Waals surface area contributed by atoms with Crippen LogP contribution in [-0.2, 0) is 4.74 Å². The van der Waals surface area contributed by atoms with Gasteiger partial charge in [0.25, 0.3) is 11.8 Å². The summed E-state index contributed by atoms with van der Waals surface area (Å²) in [5, 5.41) is 4.68. The molecule has 6 nitrogen and oxygen atoms in total. The maximum Gasteiger partial charge on any atom is 0.258 e. The van der Waals surface area contributed by atoms with Crippen LogP contribution in [0.4, 0.5) is 0 Å². The van der Waals surface area contributed by atoms with Crippen LogP contribution < -0.4 is 0 Å². The number of morpholine rings is 1. The van der Waals surface area contributed by atoms with Gasteiger partial charge in [-0.05, 0) is 36.4 Å². The second-order valence-corrected chi connectivity index (χ2v) is 6.35. The van der Waals surface area contributed by atoms with E-state index >= 15 is 0 Å². The molecule has 7 heteroatoms. The Balaban J connectivity index is 1.58. The summed E-state index contributed by atoms with van der Waals surface area (Å²) in [4.78, 5) is 18.9. The Morgan fingerprint density at radius 3 is 2.58 bits per heavy atom. The van der Waals surface area contributed by atoms with E-state index in [-0.39, 0.29) is 5.91 Å². The van der Waals surface area contributed by atoms with Gasteiger partial charge in [-0.1, -0.05) is 28.9 Å². The van der Waals surface area contributed by atoms with Crippen LogP contribution >= 0.6 is 11.6 Å². The summed E-state index contributed by atoms with van der Waals surface area (Å²) in [7, 11) is 0. The van der Waals surface area contributed by atoms with Crippen molar-refractivity contribution in [2.24, 2.45) is 0 Å². The second-order valence-electron chi connectivity index (χ2n) is 5.92. The average molecular weight is 370 g/mol. The number of ether oxygens (including phenoxy) is 1. The standard InChI is InChI=1S/C19H16ClN3O3/c20-16-6-4-13(5-7-16)18-21-17(22-26-18)14-2-1-3-15(12-14)19(24)23-8-10-25-11-9-23/h1-7,12H,8-11H2.